The van der Waals surface area contributed by atoms with Crippen molar-refractivity contribution in [1.29, 1.82) is 0 Å². The first-order valence-electron chi connectivity index (χ1n) is 7.89. The first-order chi connectivity index (χ1) is 11.8. The maximum atomic E-state index is 12.2. The van der Waals surface area contributed by atoms with Crippen LogP contribution in [-0.4, -0.2) is 47.1 Å². The van der Waals surface area contributed by atoms with Crippen LogP contribution < -0.4 is 19.2 Å². The van der Waals surface area contributed by atoms with Crippen molar-refractivity contribution in [3.05, 3.63) is 18.2 Å². The molecule has 1 aliphatic rings. The molecule has 25 heavy (non-hydrogen) atoms. The number of rotatable bonds is 7. The average Bonchev–Trinajstić information content (AvgIpc) is 3.10. The maximum Gasteiger partial charge on any atom is 0.260 e. The SMILES string of the molecule is COc1ccc(N(CC(=O)NN=C2CCCC2)S(C)(=O)=O)c(OC)c1. The van der Waals surface area contributed by atoms with Gasteiger partial charge in [-0.15, -0.1) is 0 Å². The van der Waals surface area contributed by atoms with Gasteiger partial charge in [0.25, 0.3) is 5.91 Å². The number of carbonyl (C=O) groups excluding carboxylic acids is 1. The van der Waals surface area contributed by atoms with Gasteiger partial charge < -0.3 is 9.47 Å². The van der Waals surface area contributed by atoms with Crippen molar-refractivity contribution in [3.8, 4) is 11.5 Å². The molecule has 0 bridgehead atoms. The van der Waals surface area contributed by atoms with Gasteiger partial charge in [-0.05, 0) is 37.8 Å². The van der Waals surface area contributed by atoms with E-state index in [4.69, 9.17) is 9.47 Å². The Morgan fingerprint density at radius 1 is 1.24 bits per heavy atom. The van der Waals surface area contributed by atoms with E-state index in [0.717, 1.165) is 42.0 Å². The van der Waals surface area contributed by atoms with Crippen LogP contribution >= 0.6 is 0 Å². The molecule has 0 aromatic heterocycles. The van der Waals surface area contributed by atoms with Crippen molar-refractivity contribution >= 4 is 27.3 Å². The highest BCUT2D eigenvalue weighted by molar-refractivity contribution is 7.92. The topological polar surface area (TPSA) is 97.3 Å². The lowest BCUT2D eigenvalue weighted by atomic mass is 10.2. The van der Waals surface area contributed by atoms with Crippen LogP contribution in [0, 0.1) is 0 Å². The fraction of sp³-hybridized carbons (Fsp3) is 0.500. The molecule has 0 aliphatic heterocycles. The summed E-state index contributed by atoms with van der Waals surface area (Å²) < 4.78 is 35.7. The van der Waals surface area contributed by atoms with E-state index in [-0.39, 0.29) is 5.69 Å². The number of hydrogen-bond acceptors (Lipinski definition) is 6. The molecular weight excluding hydrogens is 346 g/mol. The summed E-state index contributed by atoms with van der Waals surface area (Å²) in [6.07, 6.45) is 4.89. The molecular formula is C16H23N3O5S. The predicted molar refractivity (Wildman–Crippen MR) is 95.8 cm³/mol. The highest BCUT2D eigenvalue weighted by Crippen LogP contribution is 2.33. The number of carbonyl (C=O) groups is 1. The summed E-state index contributed by atoms with van der Waals surface area (Å²) in [5.74, 6) is 0.300. The highest BCUT2D eigenvalue weighted by atomic mass is 32.2. The third-order valence-electron chi connectivity index (χ3n) is 3.86. The van der Waals surface area contributed by atoms with Crippen LogP contribution in [0.1, 0.15) is 25.7 Å². The van der Waals surface area contributed by atoms with Crippen molar-refractivity contribution in [2.24, 2.45) is 5.10 Å². The van der Waals surface area contributed by atoms with Gasteiger partial charge in [-0.25, -0.2) is 13.8 Å². The van der Waals surface area contributed by atoms with Gasteiger partial charge in [-0.1, -0.05) is 0 Å². The lowest BCUT2D eigenvalue weighted by Crippen LogP contribution is -2.39. The molecule has 1 saturated carbocycles. The number of hydrogen-bond donors (Lipinski definition) is 1. The number of ether oxygens (including phenoxy) is 2. The minimum atomic E-state index is -3.70. The number of methoxy groups -OCH3 is 2. The fourth-order valence-corrected chi connectivity index (χ4v) is 3.43. The van der Waals surface area contributed by atoms with Crippen molar-refractivity contribution in [3.63, 3.8) is 0 Å². The van der Waals surface area contributed by atoms with Gasteiger partial charge in [0.05, 0.1) is 26.2 Å². The minimum absolute atomic E-state index is 0.259. The van der Waals surface area contributed by atoms with E-state index in [1.54, 1.807) is 12.1 Å². The van der Waals surface area contributed by atoms with Crippen molar-refractivity contribution in [1.82, 2.24) is 5.43 Å². The Kier molecular flexibility index (Phi) is 6.24. The van der Waals surface area contributed by atoms with Crippen LogP contribution in [0.3, 0.4) is 0 Å². The van der Waals surface area contributed by atoms with Crippen LogP contribution in [-0.2, 0) is 14.8 Å². The molecule has 0 spiro atoms. The van der Waals surface area contributed by atoms with Crippen LogP contribution in [0.4, 0.5) is 5.69 Å². The number of benzene rings is 1. The van der Waals surface area contributed by atoms with Gasteiger partial charge in [-0.3, -0.25) is 9.10 Å². The zero-order chi connectivity index (χ0) is 18.4. The van der Waals surface area contributed by atoms with Crippen LogP contribution in [0.5, 0.6) is 11.5 Å². The number of nitrogens with one attached hydrogen (secondary N) is 1. The van der Waals surface area contributed by atoms with Crippen molar-refractivity contribution in [2.75, 3.05) is 31.3 Å². The summed E-state index contributed by atoms with van der Waals surface area (Å²) in [6.45, 7) is -0.391. The average molecular weight is 369 g/mol. The van der Waals surface area contributed by atoms with Crippen molar-refractivity contribution < 1.29 is 22.7 Å². The number of hydrazone groups is 1. The second kappa shape index (κ2) is 8.19. The lowest BCUT2D eigenvalue weighted by molar-refractivity contribution is -0.119. The summed E-state index contributed by atoms with van der Waals surface area (Å²) in [6, 6.07) is 4.70. The van der Waals surface area contributed by atoms with E-state index in [1.165, 1.54) is 20.3 Å². The van der Waals surface area contributed by atoms with Crippen LogP contribution in [0.25, 0.3) is 0 Å². The van der Waals surface area contributed by atoms with E-state index >= 15 is 0 Å². The lowest BCUT2D eigenvalue weighted by Gasteiger charge is -2.23. The Labute approximate surface area is 147 Å². The van der Waals surface area contributed by atoms with E-state index in [0.29, 0.717) is 11.5 Å². The Morgan fingerprint density at radius 2 is 1.92 bits per heavy atom. The second-order valence-electron chi connectivity index (χ2n) is 5.73. The molecule has 1 N–H and O–H groups in total. The minimum Gasteiger partial charge on any atom is -0.497 e. The largest absolute Gasteiger partial charge is 0.497 e. The first-order valence-corrected chi connectivity index (χ1v) is 9.74. The number of nitrogens with zero attached hydrogens (tertiary/aromatic N) is 2. The molecule has 0 unspecified atom stereocenters. The van der Waals surface area contributed by atoms with Crippen LogP contribution in [0.15, 0.2) is 23.3 Å². The normalized spacial score (nSPS) is 14.1. The molecule has 0 heterocycles. The monoisotopic (exact) mass is 369 g/mol. The van der Waals surface area contributed by atoms with Gasteiger partial charge in [0.15, 0.2) is 0 Å². The number of amides is 1. The molecule has 1 aliphatic carbocycles. The van der Waals surface area contributed by atoms with E-state index in [2.05, 4.69) is 10.5 Å². The zero-order valence-corrected chi connectivity index (χ0v) is 15.4. The van der Waals surface area contributed by atoms with Crippen molar-refractivity contribution in [2.45, 2.75) is 25.7 Å². The van der Waals surface area contributed by atoms with Gasteiger partial charge >= 0.3 is 0 Å². The van der Waals surface area contributed by atoms with E-state index in [9.17, 15) is 13.2 Å². The molecule has 1 aromatic carbocycles. The summed E-state index contributed by atoms with van der Waals surface area (Å²) in [5, 5.41) is 4.07. The Bertz CT molecular complexity index is 753. The van der Waals surface area contributed by atoms with Gasteiger partial charge in [0, 0.05) is 11.8 Å². The quantitative estimate of drug-likeness (QED) is 0.735. The molecule has 1 fully saturated rings. The standard InChI is InChI=1S/C16H23N3O5S/c1-23-13-8-9-14(15(10-13)24-2)19(25(3,21)22)11-16(20)18-17-12-6-4-5-7-12/h8-10H,4-7,11H2,1-3H3,(H,18,20). The fourth-order valence-electron chi connectivity index (χ4n) is 2.57. The summed E-state index contributed by atoms with van der Waals surface area (Å²) in [4.78, 5) is 12.2. The number of anilines is 1. The summed E-state index contributed by atoms with van der Waals surface area (Å²) in [5.41, 5.74) is 3.62. The van der Waals surface area contributed by atoms with Gasteiger partial charge in [-0.2, -0.15) is 5.10 Å². The molecule has 1 aromatic rings. The highest BCUT2D eigenvalue weighted by Gasteiger charge is 2.24. The van der Waals surface area contributed by atoms with E-state index in [1.807, 2.05) is 0 Å². The van der Waals surface area contributed by atoms with Gasteiger partial charge in [0.2, 0.25) is 10.0 Å². The number of sulfonamides is 1. The third-order valence-corrected chi connectivity index (χ3v) is 4.99. The van der Waals surface area contributed by atoms with Gasteiger partial charge in [0.1, 0.15) is 18.0 Å². The molecule has 138 valence electrons. The Hall–Kier alpha value is -2.29. The second-order valence-corrected chi connectivity index (χ2v) is 7.63. The smallest absolute Gasteiger partial charge is 0.260 e. The molecule has 1 amide bonds. The summed E-state index contributed by atoms with van der Waals surface area (Å²) >= 11 is 0. The molecule has 2 rings (SSSR count). The molecule has 9 heteroatoms. The Morgan fingerprint density at radius 3 is 2.48 bits per heavy atom. The Balaban J connectivity index is 2.22. The first kappa shape index (κ1) is 19.0. The maximum absolute atomic E-state index is 12.2. The van der Waals surface area contributed by atoms with Crippen LogP contribution in [0.2, 0.25) is 0 Å². The molecule has 0 atom stereocenters. The summed E-state index contributed by atoms with van der Waals surface area (Å²) in [7, 11) is -0.779. The predicted octanol–water partition coefficient (Wildman–Crippen LogP) is 1.52. The third kappa shape index (κ3) is 5.09. The zero-order valence-electron chi connectivity index (χ0n) is 14.6. The van der Waals surface area contributed by atoms with E-state index < -0.39 is 22.5 Å². The molecule has 0 radical (unpaired) electrons. The molecule has 8 nitrogen and oxygen atoms in total. The molecule has 0 saturated heterocycles.